The van der Waals surface area contributed by atoms with Gasteiger partial charge in [0.1, 0.15) is 5.60 Å². The molecule has 1 aliphatic carbocycles. The van der Waals surface area contributed by atoms with Crippen LogP contribution in [0.5, 0.6) is 0 Å². The maximum atomic E-state index is 15.3. The van der Waals surface area contributed by atoms with E-state index in [-0.39, 0.29) is 5.92 Å². The summed E-state index contributed by atoms with van der Waals surface area (Å²) in [4.78, 5) is 12.3. The molecule has 0 aromatic heterocycles. The molecule has 0 saturated heterocycles. The van der Waals surface area contributed by atoms with Crippen molar-refractivity contribution < 1.29 is 13.9 Å². The quantitative estimate of drug-likeness (QED) is 0.760. The van der Waals surface area contributed by atoms with Gasteiger partial charge in [0.25, 0.3) is 0 Å². The predicted molar refractivity (Wildman–Crippen MR) is 82.0 cm³/mol. The lowest BCUT2D eigenvalue weighted by Gasteiger charge is -2.32. The average Bonchev–Trinajstić information content (AvgIpc) is 3.11. The number of hydrogen-bond acceptors (Lipinski definition) is 2. The summed E-state index contributed by atoms with van der Waals surface area (Å²) in [5.41, 5.74) is -0.695. The van der Waals surface area contributed by atoms with E-state index in [2.05, 4.69) is 0 Å². The minimum absolute atomic E-state index is 0.231. The van der Waals surface area contributed by atoms with Crippen molar-refractivity contribution in [2.75, 3.05) is 0 Å². The second kappa shape index (κ2) is 5.43. The molecule has 1 aromatic carbocycles. The molecule has 0 unspecified atom stereocenters. The Balaban J connectivity index is 2.31. The van der Waals surface area contributed by atoms with Gasteiger partial charge in [-0.25, -0.2) is 9.18 Å². The highest BCUT2D eigenvalue weighted by molar-refractivity contribution is 5.81. The number of halogens is 1. The summed E-state index contributed by atoms with van der Waals surface area (Å²) in [5, 5.41) is 0. The van der Waals surface area contributed by atoms with Crippen molar-refractivity contribution in [1.29, 1.82) is 0 Å². The van der Waals surface area contributed by atoms with Crippen LogP contribution in [0.1, 0.15) is 57.6 Å². The van der Waals surface area contributed by atoms with Crippen molar-refractivity contribution in [2.45, 2.75) is 64.6 Å². The van der Waals surface area contributed by atoms with Crippen LogP contribution in [0, 0.1) is 12.8 Å². The molecule has 2 nitrogen and oxygen atoms in total. The molecule has 0 bridgehead atoms. The minimum atomic E-state index is -2.00. The van der Waals surface area contributed by atoms with Crippen molar-refractivity contribution in [3.05, 3.63) is 35.4 Å². The van der Waals surface area contributed by atoms with Gasteiger partial charge < -0.3 is 4.74 Å². The molecule has 2 atom stereocenters. The summed E-state index contributed by atoms with van der Waals surface area (Å²) in [6, 6.07) is 7.80. The summed E-state index contributed by atoms with van der Waals surface area (Å²) in [5.74, 6) is -0.949. The molecule has 2 rings (SSSR count). The van der Waals surface area contributed by atoms with Crippen molar-refractivity contribution in [2.24, 2.45) is 5.92 Å². The van der Waals surface area contributed by atoms with Crippen LogP contribution in [0.25, 0.3) is 0 Å². The van der Waals surface area contributed by atoms with E-state index in [4.69, 9.17) is 4.74 Å². The number of ether oxygens (including phenoxy) is 1. The average molecular weight is 292 g/mol. The van der Waals surface area contributed by atoms with Gasteiger partial charge in [-0.15, -0.1) is 0 Å². The fraction of sp³-hybridized carbons (Fsp3) is 0.611. The lowest BCUT2D eigenvalue weighted by molar-refractivity contribution is -0.170. The van der Waals surface area contributed by atoms with E-state index in [1.807, 2.05) is 31.2 Å². The number of aryl methyl sites for hydroxylation is 1. The van der Waals surface area contributed by atoms with Gasteiger partial charge in [-0.3, -0.25) is 0 Å². The van der Waals surface area contributed by atoms with Crippen LogP contribution < -0.4 is 0 Å². The van der Waals surface area contributed by atoms with E-state index in [0.717, 1.165) is 24.0 Å². The van der Waals surface area contributed by atoms with Crippen LogP contribution in [0.15, 0.2) is 24.3 Å². The van der Waals surface area contributed by atoms with Crippen LogP contribution in [-0.4, -0.2) is 17.2 Å². The van der Waals surface area contributed by atoms with Gasteiger partial charge in [0.05, 0.1) is 0 Å². The molecule has 21 heavy (non-hydrogen) atoms. The Kier molecular flexibility index (Phi) is 4.14. The number of carbonyl (C=O) groups excluding carboxylic acids is 1. The molecule has 116 valence electrons. The number of esters is 1. The van der Waals surface area contributed by atoms with Gasteiger partial charge >= 0.3 is 5.97 Å². The maximum Gasteiger partial charge on any atom is 0.344 e. The summed E-state index contributed by atoms with van der Waals surface area (Å²) in [7, 11) is 0. The number of carbonyl (C=O) groups is 1. The molecule has 1 aromatic rings. The van der Waals surface area contributed by atoms with Gasteiger partial charge in [0.15, 0.2) is 0 Å². The number of rotatable bonds is 4. The normalized spacial score (nSPS) is 19.7. The standard InChI is InChI=1S/C18H25FO2/c1-12-7-6-8-14(11-12)15(13-9-10-13)18(5,19)16(20)21-17(2,3)4/h6-8,11,13,15H,9-10H2,1-5H3/t15-,18+/m0/s1. The fourth-order valence-electron chi connectivity index (χ4n) is 2.83. The molecule has 1 aliphatic rings. The van der Waals surface area contributed by atoms with E-state index >= 15 is 4.39 Å². The zero-order valence-electron chi connectivity index (χ0n) is 13.6. The molecule has 0 radical (unpaired) electrons. The molecular formula is C18H25FO2. The van der Waals surface area contributed by atoms with Gasteiger partial charge in [-0.05, 0) is 58.9 Å². The van der Waals surface area contributed by atoms with Crippen molar-refractivity contribution in [1.82, 2.24) is 0 Å². The fourth-order valence-corrected chi connectivity index (χ4v) is 2.83. The molecule has 0 aliphatic heterocycles. The lowest BCUT2D eigenvalue weighted by Crippen LogP contribution is -2.43. The van der Waals surface area contributed by atoms with Gasteiger partial charge in [-0.1, -0.05) is 29.8 Å². The van der Waals surface area contributed by atoms with Crippen molar-refractivity contribution in [3.63, 3.8) is 0 Å². The Morgan fingerprint density at radius 3 is 2.38 bits per heavy atom. The Bertz CT molecular complexity index is 524. The molecule has 3 heteroatoms. The molecule has 1 fully saturated rings. The van der Waals surface area contributed by atoms with E-state index < -0.39 is 23.2 Å². The Morgan fingerprint density at radius 2 is 1.90 bits per heavy atom. The molecule has 0 spiro atoms. The SMILES string of the molecule is Cc1cccc([C@H](C2CC2)[C@@](C)(F)C(=O)OC(C)(C)C)c1. The van der Waals surface area contributed by atoms with Crippen molar-refractivity contribution in [3.8, 4) is 0 Å². The van der Waals surface area contributed by atoms with Gasteiger partial charge in [0, 0.05) is 5.92 Å². The third-order valence-corrected chi connectivity index (χ3v) is 3.88. The Labute approximate surface area is 126 Å². The van der Waals surface area contributed by atoms with E-state index in [1.165, 1.54) is 6.92 Å². The van der Waals surface area contributed by atoms with E-state index in [0.29, 0.717) is 0 Å². The topological polar surface area (TPSA) is 26.3 Å². The summed E-state index contributed by atoms with van der Waals surface area (Å²) in [6.45, 7) is 8.64. The highest BCUT2D eigenvalue weighted by atomic mass is 19.1. The lowest BCUT2D eigenvalue weighted by atomic mass is 9.80. The highest BCUT2D eigenvalue weighted by Crippen LogP contribution is 2.50. The van der Waals surface area contributed by atoms with E-state index in [1.54, 1.807) is 20.8 Å². The Hall–Kier alpha value is -1.38. The summed E-state index contributed by atoms with van der Waals surface area (Å²) >= 11 is 0. The number of benzene rings is 1. The Morgan fingerprint density at radius 1 is 1.29 bits per heavy atom. The van der Waals surface area contributed by atoms with Gasteiger partial charge in [-0.2, -0.15) is 0 Å². The largest absolute Gasteiger partial charge is 0.458 e. The van der Waals surface area contributed by atoms with Crippen LogP contribution in [0.4, 0.5) is 4.39 Å². The molecule has 0 heterocycles. The summed E-state index contributed by atoms with van der Waals surface area (Å²) in [6.07, 6.45) is 1.95. The van der Waals surface area contributed by atoms with E-state index in [9.17, 15) is 4.79 Å². The maximum absolute atomic E-state index is 15.3. The second-order valence-electron chi connectivity index (χ2n) is 7.31. The summed E-state index contributed by atoms with van der Waals surface area (Å²) < 4.78 is 20.6. The van der Waals surface area contributed by atoms with Crippen LogP contribution >= 0.6 is 0 Å². The van der Waals surface area contributed by atoms with Gasteiger partial charge in [0.2, 0.25) is 5.67 Å². The number of alkyl halides is 1. The molecule has 1 saturated carbocycles. The third kappa shape index (κ3) is 3.84. The zero-order valence-corrected chi connectivity index (χ0v) is 13.6. The molecular weight excluding hydrogens is 267 g/mol. The minimum Gasteiger partial charge on any atom is -0.458 e. The second-order valence-corrected chi connectivity index (χ2v) is 7.31. The number of hydrogen-bond donors (Lipinski definition) is 0. The first-order valence-electron chi connectivity index (χ1n) is 7.60. The molecule has 0 amide bonds. The van der Waals surface area contributed by atoms with Crippen molar-refractivity contribution >= 4 is 5.97 Å². The van der Waals surface area contributed by atoms with Crippen LogP contribution in [0.2, 0.25) is 0 Å². The first-order valence-corrected chi connectivity index (χ1v) is 7.60. The third-order valence-electron chi connectivity index (χ3n) is 3.88. The predicted octanol–water partition coefficient (Wildman–Crippen LogP) is 4.56. The first-order chi connectivity index (χ1) is 9.61. The zero-order chi connectivity index (χ0) is 15.8. The van der Waals surface area contributed by atoms with Crippen LogP contribution in [0.3, 0.4) is 0 Å². The monoisotopic (exact) mass is 292 g/mol. The highest BCUT2D eigenvalue weighted by Gasteiger charge is 2.51. The molecule has 0 N–H and O–H groups in total. The first kappa shape index (κ1) is 16.0. The van der Waals surface area contributed by atoms with Crippen LogP contribution in [-0.2, 0) is 9.53 Å². The smallest absolute Gasteiger partial charge is 0.344 e.